The summed E-state index contributed by atoms with van der Waals surface area (Å²) in [6.07, 6.45) is 5.71. The minimum absolute atomic E-state index is 0.0372. The molecule has 3 aromatic carbocycles. The van der Waals surface area contributed by atoms with Gasteiger partial charge in [0.25, 0.3) is 0 Å². The van der Waals surface area contributed by atoms with Crippen molar-refractivity contribution in [2.45, 2.75) is 80.1 Å². The molecule has 0 saturated carbocycles. The van der Waals surface area contributed by atoms with Gasteiger partial charge >= 0.3 is 0 Å². The number of benzene rings is 3. The lowest BCUT2D eigenvalue weighted by atomic mass is 9.94. The van der Waals surface area contributed by atoms with Gasteiger partial charge < -0.3 is 15.3 Å². The summed E-state index contributed by atoms with van der Waals surface area (Å²) in [5, 5.41) is 12.5. The number of pyridine rings is 1. The number of amides is 1. The highest BCUT2D eigenvalue weighted by Gasteiger charge is 2.16. The monoisotopic (exact) mass is 611 g/mol. The Morgan fingerprint density at radius 1 is 0.778 bits per heavy atom. The molecule has 4 aromatic rings. The molecule has 0 aliphatic carbocycles. The molecule has 4 rings (SSSR count). The van der Waals surface area contributed by atoms with Crippen molar-refractivity contribution < 1.29 is 14.7 Å². The summed E-state index contributed by atoms with van der Waals surface area (Å²) in [5.41, 5.74) is 7.12. The number of carbonyl (C=O) groups is 2. The van der Waals surface area contributed by atoms with E-state index in [1.807, 2.05) is 73.7 Å². The summed E-state index contributed by atoms with van der Waals surface area (Å²) >= 11 is 0. The van der Waals surface area contributed by atoms with Crippen LogP contribution in [0.15, 0.2) is 78.9 Å². The third-order valence-electron chi connectivity index (χ3n) is 7.34. The summed E-state index contributed by atoms with van der Waals surface area (Å²) in [6.45, 7) is 15.4. The molecule has 0 atom stereocenters. The average Bonchev–Trinajstić information content (AvgIpc) is 3.05. The lowest BCUT2D eigenvalue weighted by Gasteiger charge is -2.18. The van der Waals surface area contributed by atoms with Gasteiger partial charge in [0.1, 0.15) is 0 Å². The van der Waals surface area contributed by atoms with Gasteiger partial charge in [0.05, 0.1) is 12.1 Å². The zero-order valence-corrected chi connectivity index (χ0v) is 28.2. The highest BCUT2D eigenvalue weighted by atomic mass is 16.3. The Morgan fingerprint density at radius 2 is 1.42 bits per heavy atom. The minimum Gasteiger partial charge on any atom is -0.395 e. The predicted molar refractivity (Wildman–Crippen MR) is 190 cm³/mol. The first-order valence-electron chi connectivity index (χ1n) is 16.5. The van der Waals surface area contributed by atoms with E-state index in [0.29, 0.717) is 13.0 Å². The molecule has 45 heavy (non-hydrogen) atoms. The van der Waals surface area contributed by atoms with E-state index >= 15 is 0 Å². The molecule has 0 radical (unpaired) electrons. The van der Waals surface area contributed by atoms with E-state index < -0.39 is 0 Å². The number of ketones is 1. The first-order valence-corrected chi connectivity index (χ1v) is 16.5. The van der Waals surface area contributed by atoms with Crippen LogP contribution in [0.3, 0.4) is 0 Å². The van der Waals surface area contributed by atoms with E-state index in [0.717, 1.165) is 83.4 Å². The number of hydrogen-bond acceptors (Lipinski definition) is 5. The number of aliphatic hydroxyl groups excluding tert-OH is 1. The normalized spacial score (nSPS) is 10.5. The number of fused-ring (bicyclic) bond motifs is 1. The van der Waals surface area contributed by atoms with Gasteiger partial charge in [0.15, 0.2) is 5.78 Å². The highest BCUT2D eigenvalue weighted by Crippen LogP contribution is 2.26. The molecule has 0 unspecified atom stereocenters. The number of nitrogens with zero attached hydrogens (tertiary/aromatic N) is 2. The van der Waals surface area contributed by atoms with Crippen LogP contribution < -0.4 is 5.32 Å². The van der Waals surface area contributed by atoms with Crippen LogP contribution in [0.1, 0.15) is 88.8 Å². The Bertz CT molecular complexity index is 1440. The molecule has 0 saturated heterocycles. The van der Waals surface area contributed by atoms with Gasteiger partial charge in [-0.1, -0.05) is 102 Å². The summed E-state index contributed by atoms with van der Waals surface area (Å²) in [7, 11) is 0. The SMILES string of the molecule is CCC(=O)Nc1cccc(-c2ccccc2)c1.CCCN(CCC)CCO.CCCc1nc2ccccc2c(C(C)=O)c1CC. The largest absolute Gasteiger partial charge is 0.395 e. The van der Waals surface area contributed by atoms with E-state index in [-0.39, 0.29) is 11.7 Å². The van der Waals surface area contributed by atoms with E-state index in [2.05, 4.69) is 50.0 Å². The maximum atomic E-state index is 12.0. The van der Waals surface area contributed by atoms with E-state index in [4.69, 9.17) is 10.1 Å². The smallest absolute Gasteiger partial charge is 0.224 e. The molecule has 1 aromatic heterocycles. The summed E-state index contributed by atoms with van der Waals surface area (Å²) in [4.78, 5) is 30.3. The molecule has 0 bridgehead atoms. The van der Waals surface area contributed by atoms with Gasteiger partial charge in [-0.2, -0.15) is 0 Å². The number of aliphatic hydroxyl groups is 1. The predicted octanol–water partition coefficient (Wildman–Crippen LogP) is 8.76. The Balaban J connectivity index is 0.000000246. The molecule has 242 valence electrons. The van der Waals surface area contributed by atoms with E-state index in [1.165, 1.54) is 12.8 Å². The molecule has 6 heteroatoms. The first-order chi connectivity index (χ1) is 21.8. The Morgan fingerprint density at radius 3 is 2.00 bits per heavy atom. The van der Waals surface area contributed by atoms with Gasteiger partial charge in [-0.25, -0.2) is 0 Å². The Kier molecular flexibility index (Phi) is 17.4. The molecule has 0 spiro atoms. The van der Waals surface area contributed by atoms with Crippen molar-refractivity contribution >= 4 is 28.3 Å². The second kappa shape index (κ2) is 21.0. The average molecular weight is 612 g/mol. The number of hydrogen-bond donors (Lipinski definition) is 2. The second-order valence-corrected chi connectivity index (χ2v) is 11.0. The third-order valence-corrected chi connectivity index (χ3v) is 7.34. The van der Waals surface area contributed by atoms with Gasteiger partial charge in [-0.3, -0.25) is 14.6 Å². The number of aryl methyl sites for hydroxylation is 1. The minimum atomic E-state index is 0.0372. The molecule has 1 amide bonds. The topological polar surface area (TPSA) is 82.5 Å². The van der Waals surface area contributed by atoms with Crippen molar-refractivity contribution in [2.75, 3.05) is 31.6 Å². The molecule has 1 heterocycles. The third kappa shape index (κ3) is 12.2. The number of nitrogens with one attached hydrogen (secondary N) is 1. The van der Waals surface area contributed by atoms with Crippen molar-refractivity contribution in [1.29, 1.82) is 0 Å². The lowest BCUT2D eigenvalue weighted by Crippen LogP contribution is -2.28. The summed E-state index contributed by atoms with van der Waals surface area (Å²) < 4.78 is 0. The summed E-state index contributed by atoms with van der Waals surface area (Å²) in [5.74, 6) is 0.179. The van der Waals surface area contributed by atoms with E-state index in [9.17, 15) is 9.59 Å². The van der Waals surface area contributed by atoms with Gasteiger partial charge in [-0.15, -0.1) is 0 Å². The standard InChI is InChI=1S/C16H19NO.C15H15NO.C8H19NO/c1-4-8-14-12(5-2)16(11(3)18)13-9-6-7-10-15(13)17-14;1-2-15(17)16-14-10-6-9-13(11-14)12-7-4-3-5-8-12;1-3-5-9(6-4-2)7-8-10/h6-7,9-10H,4-5,8H2,1-3H3;3-11H,2H2,1H3,(H,16,17);10H,3-8H2,1-2H3. The number of Topliss-reactive ketones (excluding diaryl/α,β-unsaturated/α-hetero) is 1. The fourth-order valence-electron chi connectivity index (χ4n) is 5.29. The van der Waals surface area contributed by atoms with Crippen LogP contribution in [-0.2, 0) is 17.6 Å². The van der Waals surface area contributed by atoms with E-state index in [1.54, 1.807) is 6.92 Å². The van der Waals surface area contributed by atoms with Crippen LogP contribution in [0.5, 0.6) is 0 Å². The highest BCUT2D eigenvalue weighted by molar-refractivity contribution is 6.07. The summed E-state index contributed by atoms with van der Waals surface area (Å²) in [6, 6.07) is 25.9. The molecular formula is C39H53N3O3. The first kappa shape index (κ1) is 37.3. The van der Waals surface area contributed by atoms with Gasteiger partial charge in [0, 0.05) is 35.3 Å². The molecule has 0 aliphatic heterocycles. The van der Waals surface area contributed by atoms with Gasteiger partial charge in [-0.05, 0) is 80.6 Å². The van der Waals surface area contributed by atoms with Crippen LogP contribution in [0, 0.1) is 0 Å². The van der Waals surface area contributed by atoms with Crippen LogP contribution in [-0.4, -0.2) is 52.9 Å². The zero-order chi connectivity index (χ0) is 33.0. The molecule has 6 nitrogen and oxygen atoms in total. The zero-order valence-electron chi connectivity index (χ0n) is 28.2. The van der Waals surface area contributed by atoms with Crippen molar-refractivity contribution in [2.24, 2.45) is 0 Å². The molecule has 0 fully saturated rings. The molecular weight excluding hydrogens is 558 g/mol. The van der Waals surface area contributed by atoms with Crippen LogP contribution in [0.25, 0.3) is 22.0 Å². The van der Waals surface area contributed by atoms with Crippen molar-refractivity contribution in [3.05, 3.63) is 95.7 Å². The van der Waals surface area contributed by atoms with Crippen molar-refractivity contribution in [3.8, 4) is 11.1 Å². The quantitative estimate of drug-likeness (QED) is 0.148. The number of para-hydroxylation sites is 1. The Hall–Kier alpha value is -3.87. The van der Waals surface area contributed by atoms with Gasteiger partial charge in [0.2, 0.25) is 5.91 Å². The number of carbonyl (C=O) groups excluding carboxylic acids is 2. The fourth-order valence-corrected chi connectivity index (χ4v) is 5.29. The second-order valence-electron chi connectivity index (χ2n) is 11.0. The fraction of sp³-hybridized carbons (Fsp3) is 0.410. The number of rotatable bonds is 13. The van der Waals surface area contributed by atoms with Crippen LogP contribution in [0.2, 0.25) is 0 Å². The number of aromatic nitrogens is 1. The number of anilines is 1. The van der Waals surface area contributed by atoms with Crippen molar-refractivity contribution in [3.63, 3.8) is 0 Å². The van der Waals surface area contributed by atoms with Crippen LogP contribution in [0.4, 0.5) is 5.69 Å². The lowest BCUT2D eigenvalue weighted by molar-refractivity contribution is -0.115. The molecule has 0 aliphatic rings. The Labute approximate surface area is 270 Å². The van der Waals surface area contributed by atoms with Crippen LogP contribution >= 0.6 is 0 Å². The molecule has 2 N–H and O–H groups in total. The van der Waals surface area contributed by atoms with Crippen molar-refractivity contribution in [1.82, 2.24) is 9.88 Å². The maximum absolute atomic E-state index is 12.0. The maximum Gasteiger partial charge on any atom is 0.224 e.